The molecule has 4 rings (SSSR count). The summed E-state index contributed by atoms with van der Waals surface area (Å²) in [5, 5.41) is 2.27. The SMILES string of the molecule is CCOC(=O)[C@@H]1CCCN1C(=O)c1ccc2c(c1)C(=O)N(C1CCC(=O)NC1=O)C2. The minimum Gasteiger partial charge on any atom is -0.464 e. The van der Waals surface area contributed by atoms with Crippen LogP contribution in [0.5, 0.6) is 0 Å². The molecular weight excluding hydrogens is 390 g/mol. The fourth-order valence-electron chi connectivity index (χ4n) is 4.35. The predicted octanol–water partition coefficient (Wildman–Crippen LogP) is 0.615. The highest BCUT2D eigenvalue weighted by molar-refractivity contribution is 6.07. The van der Waals surface area contributed by atoms with Crippen LogP contribution in [-0.4, -0.2) is 64.6 Å². The summed E-state index contributed by atoms with van der Waals surface area (Å²) in [6, 6.07) is 3.58. The Morgan fingerprint density at radius 2 is 2.00 bits per heavy atom. The van der Waals surface area contributed by atoms with Gasteiger partial charge in [0.05, 0.1) is 6.61 Å². The monoisotopic (exact) mass is 413 g/mol. The number of benzene rings is 1. The van der Waals surface area contributed by atoms with Crippen molar-refractivity contribution in [2.75, 3.05) is 13.2 Å². The first-order valence-electron chi connectivity index (χ1n) is 10.2. The molecule has 30 heavy (non-hydrogen) atoms. The Hall–Kier alpha value is -3.23. The lowest BCUT2D eigenvalue weighted by molar-refractivity contribution is -0.147. The van der Waals surface area contributed by atoms with Crippen molar-refractivity contribution in [3.63, 3.8) is 0 Å². The molecule has 0 radical (unpaired) electrons. The number of esters is 1. The highest BCUT2D eigenvalue weighted by Gasteiger charge is 2.40. The van der Waals surface area contributed by atoms with Gasteiger partial charge in [-0.2, -0.15) is 0 Å². The molecule has 1 aromatic carbocycles. The number of nitrogens with one attached hydrogen (secondary N) is 1. The first-order valence-corrected chi connectivity index (χ1v) is 10.2. The van der Waals surface area contributed by atoms with Crippen LogP contribution in [0.25, 0.3) is 0 Å². The molecular formula is C21H23N3O6. The van der Waals surface area contributed by atoms with Crippen molar-refractivity contribution in [2.45, 2.75) is 51.2 Å². The Balaban J connectivity index is 1.53. The molecule has 1 unspecified atom stereocenters. The largest absolute Gasteiger partial charge is 0.464 e. The van der Waals surface area contributed by atoms with Gasteiger partial charge in [0.1, 0.15) is 12.1 Å². The Kier molecular flexibility index (Phi) is 5.27. The van der Waals surface area contributed by atoms with Gasteiger partial charge in [0.15, 0.2) is 0 Å². The lowest BCUT2D eigenvalue weighted by atomic mass is 10.0. The molecule has 2 atom stereocenters. The molecule has 2 saturated heterocycles. The molecule has 1 aromatic rings. The first-order chi connectivity index (χ1) is 14.4. The molecule has 3 aliphatic rings. The number of carbonyl (C=O) groups excluding carboxylic acids is 5. The maximum atomic E-state index is 13.0. The van der Waals surface area contributed by atoms with Crippen LogP contribution in [-0.2, 0) is 25.7 Å². The topological polar surface area (TPSA) is 113 Å². The number of ether oxygens (including phenoxy) is 1. The van der Waals surface area contributed by atoms with Crippen molar-refractivity contribution in [3.05, 3.63) is 34.9 Å². The molecule has 3 heterocycles. The number of fused-ring (bicyclic) bond motifs is 1. The van der Waals surface area contributed by atoms with E-state index in [1.165, 1.54) is 15.9 Å². The zero-order valence-electron chi connectivity index (χ0n) is 16.7. The van der Waals surface area contributed by atoms with E-state index in [4.69, 9.17) is 4.74 Å². The number of nitrogens with zero attached hydrogens (tertiary/aromatic N) is 2. The van der Waals surface area contributed by atoms with Crippen LogP contribution in [0.1, 0.15) is 58.9 Å². The molecule has 0 bridgehead atoms. The number of likely N-dealkylation sites (tertiary alicyclic amines) is 1. The fraction of sp³-hybridized carbons (Fsp3) is 0.476. The second-order valence-corrected chi connectivity index (χ2v) is 7.68. The van der Waals surface area contributed by atoms with Crippen LogP contribution in [0.2, 0.25) is 0 Å². The Labute approximate surface area is 173 Å². The van der Waals surface area contributed by atoms with Gasteiger partial charge in [-0.05, 0) is 43.9 Å². The van der Waals surface area contributed by atoms with Crippen molar-refractivity contribution in [3.8, 4) is 0 Å². The summed E-state index contributed by atoms with van der Waals surface area (Å²) in [6.45, 7) is 2.68. The van der Waals surface area contributed by atoms with Crippen LogP contribution in [0.4, 0.5) is 0 Å². The molecule has 0 saturated carbocycles. The average Bonchev–Trinajstić information content (AvgIpc) is 3.33. The van der Waals surface area contributed by atoms with Gasteiger partial charge in [0, 0.05) is 30.6 Å². The Morgan fingerprint density at radius 1 is 1.20 bits per heavy atom. The highest BCUT2D eigenvalue weighted by atomic mass is 16.5. The van der Waals surface area contributed by atoms with Crippen molar-refractivity contribution in [2.24, 2.45) is 0 Å². The Morgan fingerprint density at radius 3 is 2.73 bits per heavy atom. The summed E-state index contributed by atoms with van der Waals surface area (Å²) < 4.78 is 5.08. The number of hydrogen-bond acceptors (Lipinski definition) is 6. The standard InChI is InChI=1S/C21H23N3O6/c1-2-30-21(29)16-4-3-9-23(16)19(27)12-5-6-13-11-24(20(28)14(13)10-12)15-7-8-17(25)22-18(15)26/h5-6,10,15-16H,2-4,7-9,11H2,1H3,(H,22,25,26)/t15?,16-/m0/s1. The van der Waals surface area contributed by atoms with Gasteiger partial charge in [-0.25, -0.2) is 4.79 Å². The highest BCUT2D eigenvalue weighted by Crippen LogP contribution is 2.29. The summed E-state index contributed by atoms with van der Waals surface area (Å²) in [5.41, 5.74) is 1.42. The van der Waals surface area contributed by atoms with E-state index in [1.54, 1.807) is 19.1 Å². The third kappa shape index (κ3) is 3.44. The molecule has 1 N–H and O–H groups in total. The molecule has 0 aromatic heterocycles. The van der Waals surface area contributed by atoms with Crippen LogP contribution < -0.4 is 5.32 Å². The van der Waals surface area contributed by atoms with Gasteiger partial charge in [0.2, 0.25) is 11.8 Å². The van der Waals surface area contributed by atoms with Crippen molar-refractivity contribution in [1.29, 1.82) is 0 Å². The summed E-state index contributed by atoms with van der Waals surface area (Å²) in [4.78, 5) is 64.6. The normalized spacial score (nSPS) is 23.4. The summed E-state index contributed by atoms with van der Waals surface area (Å²) in [6.07, 6.45) is 1.73. The van der Waals surface area contributed by atoms with Gasteiger partial charge in [-0.1, -0.05) is 6.07 Å². The Bertz CT molecular complexity index is 943. The van der Waals surface area contributed by atoms with Crippen LogP contribution in [0, 0.1) is 0 Å². The maximum absolute atomic E-state index is 13.0. The summed E-state index contributed by atoms with van der Waals surface area (Å²) in [5.74, 6) is -1.88. The molecule has 0 spiro atoms. The summed E-state index contributed by atoms with van der Waals surface area (Å²) >= 11 is 0. The minimum absolute atomic E-state index is 0.185. The summed E-state index contributed by atoms with van der Waals surface area (Å²) in [7, 11) is 0. The molecule has 9 heteroatoms. The van der Waals surface area contributed by atoms with E-state index in [1.807, 2.05) is 0 Å². The van der Waals surface area contributed by atoms with Crippen molar-refractivity contribution < 1.29 is 28.7 Å². The van der Waals surface area contributed by atoms with E-state index < -0.39 is 24.0 Å². The molecule has 0 aliphatic carbocycles. The van der Waals surface area contributed by atoms with Crippen LogP contribution in [0.15, 0.2) is 18.2 Å². The molecule has 9 nitrogen and oxygen atoms in total. The lowest BCUT2D eigenvalue weighted by Gasteiger charge is -2.29. The van der Waals surface area contributed by atoms with Crippen molar-refractivity contribution >= 4 is 29.6 Å². The molecule has 3 aliphatic heterocycles. The maximum Gasteiger partial charge on any atom is 0.328 e. The van der Waals surface area contributed by atoms with Gasteiger partial charge in [-0.3, -0.25) is 24.5 Å². The lowest BCUT2D eigenvalue weighted by Crippen LogP contribution is -2.52. The number of imide groups is 1. The quantitative estimate of drug-likeness (QED) is 0.572. The van der Waals surface area contributed by atoms with E-state index in [-0.39, 0.29) is 43.7 Å². The van der Waals surface area contributed by atoms with Gasteiger partial charge < -0.3 is 14.5 Å². The van der Waals surface area contributed by atoms with Gasteiger partial charge in [-0.15, -0.1) is 0 Å². The first kappa shape index (κ1) is 20.1. The van der Waals surface area contributed by atoms with Crippen molar-refractivity contribution in [1.82, 2.24) is 15.1 Å². The molecule has 4 amide bonds. The molecule has 2 fully saturated rings. The third-order valence-electron chi connectivity index (χ3n) is 5.85. The van der Waals surface area contributed by atoms with Gasteiger partial charge >= 0.3 is 5.97 Å². The minimum atomic E-state index is -0.700. The van der Waals surface area contributed by atoms with E-state index >= 15 is 0 Å². The zero-order valence-corrected chi connectivity index (χ0v) is 16.7. The second kappa shape index (κ2) is 7.89. The number of carbonyl (C=O) groups is 5. The zero-order chi connectivity index (χ0) is 21.4. The average molecular weight is 413 g/mol. The number of hydrogen-bond donors (Lipinski definition) is 1. The van der Waals surface area contributed by atoms with E-state index in [9.17, 15) is 24.0 Å². The molecule has 158 valence electrons. The third-order valence-corrected chi connectivity index (χ3v) is 5.85. The smallest absolute Gasteiger partial charge is 0.328 e. The predicted molar refractivity (Wildman–Crippen MR) is 103 cm³/mol. The van der Waals surface area contributed by atoms with E-state index in [0.717, 1.165) is 5.56 Å². The van der Waals surface area contributed by atoms with Crippen LogP contribution >= 0.6 is 0 Å². The van der Waals surface area contributed by atoms with Gasteiger partial charge in [0.25, 0.3) is 11.8 Å². The number of amides is 4. The number of piperidine rings is 1. The van der Waals surface area contributed by atoms with E-state index in [2.05, 4.69) is 5.32 Å². The van der Waals surface area contributed by atoms with Crippen LogP contribution in [0.3, 0.4) is 0 Å². The second-order valence-electron chi connectivity index (χ2n) is 7.68. The fourth-order valence-corrected chi connectivity index (χ4v) is 4.35. The van der Waals surface area contributed by atoms with E-state index in [0.29, 0.717) is 30.5 Å². The number of rotatable bonds is 4.